The molecule has 1 aromatic rings. The van der Waals surface area contributed by atoms with E-state index in [0.29, 0.717) is 37.9 Å². The zero-order valence-electron chi connectivity index (χ0n) is 17.4. The molecule has 0 aliphatic carbocycles. The van der Waals surface area contributed by atoms with Crippen LogP contribution in [0.3, 0.4) is 0 Å². The molecule has 7 nitrogen and oxygen atoms in total. The number of rotatable bonds is 6. The highest BCUT2D eigenvalue weighted by Gasteiger charge is 2.29. The number of hydrogen-bond acceptors (Lipinski definition) is 5. The second-order valence-electron chi connectivity index (χ2n) is 8.30. The molecule has 0 unspecified atom stereocenters. The monoisotopic (exact) mass is 431 g/mol. The number of amides is 2. The minimum absolute atomic E-state index is 0.145. The molecule has 2 rings (SSSR count). The van der Waals surface area contributed by atoms with Crippen LogP contribution in [0.4, 0.5) is 18.0 Å². The van der Waals surface area contributed by atoms with E-state index in [2.05, 4.69) is 15.0 Å². The van der Waals surface area contributed by atoms with Crippen molar-refractivity contribution in [2.45, 2.75) is 58.4 Å². The fourth-order valence-corrected chi connectivity index (χ4v) is 2.98. The van der Waals surface area contributed by atoms with E-state index >= 15 is 0 Å². The van der Waals surface area contributed by atoms with Crippen LogP contribution in [0.1, 0.15) is 45.6 Å². The van der Waals surface area contributed by atoms with Gasteiger partial charge in [0.25, 0.3) is 0 Å². The third-order valence-corrected chi connectivity index (χ3v) is 4.41. The van der Waals surface area contributed by atoms with Gasteiger partial charge in [-0.05, 0) is 51.2 Å². The standard InChI is InChI=1S/C20H28F3N3O4/c1-19(2,3)30-18(28)26-8-5-14(6-9-26)10-16(27)25-12-15-4-7-24-17(11-15)29-13-20(21,22)23/h4,7,11,14H,5-6,8-10,12-13H2,1-3H3,(H,25,27). The van der Waals surface area contributed by atoms with Gasteiger partial charge >= 0.3 is 12.3 Å². The van der Waals surface area contributed by atoms with Gasteiger partial charge in [0.15, 0.2) is 6.61 Å². The van der Waals surface area contributed by atoms with Crippen LogP contribution in [0.2, 0.25) is 0 Å². The molecule has 10 heteroatoms. The Balaban J connectivity index is 1.72. The van der Waals surface area contributed by atoms with Crippen molar-refractivity contribution >= 4 is 12.0 Å². The molecule has 0 atom stereocenters. The van der Waals surface area contributed by atoms with Crippen molar-refractivity contribution in [1.82, 2.24) is 15.2 Å². The van der Waals surface area contributed by atoms with Gasteiger partial charge in [0.1, 0.15) is 5.60 Å². The smallest absolute Gasteiger partial charge is 0.422 e. The lowest BCUT2D eigenvalue weighted by Gasteiger charge is -2.33. The van der Waals surface area contributed by atoms with Crippen molar-refractivity contribution in [2.75, 3.05) is 19.7 Å². The van der Waals surface area contributed by atoms with Crippen LogP contribution < -0.4 is 10.1 Å². The number of piperidine rings is 1. The molecule has 1 aliphatic heterocycles. The molecule has 1 saturated heterocycles. The molecule has 168 valence electrons. The van der Waals surface area contributed by atoms with Crippen molar-refractivity contribution in [1.29, 1.82) is 0 Å². The Bertz CT molecular complexity index is 727. The minimum Gasteiger partial charge on any atom is -0.468 e. The second-order valence-corrected chi connectivity index (χ2v) is 8.30. The van der Waals surface area contributed by atoms with E-state index in [9.17, 15) is 22.8 Å². The molecule has 1 aliphatic rings. The van der Waals surface area contributed by atoms with E-state index in [1.807, 2.05) is 20.8 Å². The van der Waals surface area contributed by atoms with Gasteiger partial charge in [-0.3, -0.25) is 4.79 Å². The SMILES string of the molecule is CC(C)(C)OC(=O)N1CCC(CC(=O)NCc2ccnc(OCC(F)(F)F)c2)CC1. The van der Waals surface area contributed by atoms with Gasteiger partial charge < -0.3 is 19.7 Å². The van der Waals surface area contributed by atoms with Crippen LogP contribution in [0.5, 0.6) is 5.88 Å². The largest absolute Gasteiger partial charge is 0.468 e. The Labute approximate surface area is 173 Å². The van der Waals surface area contributed by atoms with Crippen molar-refractivity contribution in [3.63, 3.8) is 0 Å². The van der Waals surface area contributed by atoms with E-state index in [-0.39, 0.29) is 30.3 Å². The minimum atomic E-state index is -4.44. The zero-order valence-corrected chi connectivity index (χ0v) is 17.4. The third kappa shape index (κ3) is 8.87. The van der Waals surface area contributed by atoms with Gasteiger partial charge in [-0.2, -0.15) is 13.2 Å². The summed E-state index contributed by atoms with van der Waals surface area (Å²) in [6.07, 6.45) is -1.71. The van der Waals surface area contributed by atoms with E-state index in [4.69, 9.17) is 4.74 Å². The molecule has 2 amide bonds. The predicted molar refractivity (Wildman–Crippen MR) is 103 cm³/mol. The van der Waals surface area contributed by atoms with E-state index in [1.54, 1.807) is 11.0 Å². The number of hydrogen-bond donors (Lipinski definition) is 1. The van der Waals surface area contributed by atoms with Gasteiger partial charge in [-0.15, -0.1) is 0 Å². The number of nitrogens with one attached hydrogen (secondary N) is 1. The van der Waals surface area contributed by atoms with Crippen molar-refractivity contribution in [2.24, 2.45) is 5.92 Å². The molecule has 30 heavy (non-hydrogen) atoms. The maximum atomic E-state index is 12.2. The van der Waals surface area contributed by atoms with Crippen LogP contribution in [0.25, 0.3) is 0 Å². The summed E-state index contributed by atoms with van der Waals surface area (Å²) in [4.78, 5) is 29.7. The summed E-state index contributed by atoms with van der Waals surface area (Å²) < 4.78 is 46.6. The number of ether oxygens (including phenoxy) is 2. The summed E-state index contributed by atoms with van der Waals surface area (Å²) in [7, 11) is 0. The number of aromatic nitrogens is 1. The molecule has 0 saturated carbocycles. The van der Waals surface area contributed by atoms with Crippen molar-refractivity contribution in [3.8, 4) is 5.88 Å². The maximum absolute atomic E-state index is 12.2. The Morgan fingerprint density at radius 2 is 1.90 bits per heavy atom. The highest BCUT2D eigenvalue weighted by molar-refractivity contribution is 5.76. The van der Waals surface area contributed by atoms with Gasteiger partial charge in [0.2, 0.25) is 11.8 Å². The first-order chi connectivity index (χ1) is 13.9. The van der Waals surface area contributed by atoms with Crippen LogP contribution in [0.15, 0.2) is 18.3 Å². The van der Waals surface area contributed by atoms with Gasteiger partial charge in [0.05, 0.1) is 0 Å². The Morgan fingerprint density at radius 1 is 1.23 bits per heavy atom. The van der Waals surface area contributed by atoms with Gasteiger partial charge in [-0.1, -0.05) is 0 Å². The summed E-state index contributed by atoms with van der Waals surface area (Å²) in [6.45, 7) is 5.27. The van der Waals surface area contributed by atoms with Gasteiger partial charge in [-0.25, -0.2) is 9.78 Å². The highest BCUT2D eigenvalue weighted by atomic mass is 19.4. The number of alkyl halides is 3. The first-order valence-electron chi connectivity index (χ1n) is 9.80. The number of likely N-dealkylation sites (tertiary alicyclic amines) is 1. The molecule has 0 aromatic carbocycles. The number of halogens is 3. The lowest BCUT2D eigenvalue weighted by Crippen LogP contribution is -2.42. The quantitative estimate of drug-likeness (QED) is 0.743. The molecule has 0 radical (unpaired) electrons. The maximum Gasteiger partial charge on any atom is 0.422 e. The summed E-state index contributed by atoms with van der Waals surface area (Å²) in [6, 6.07) is 2.96. The summed E-state index contributed by atoms with van der Waals surface area (Å²) in [5.74, 6) is -0.138. The summed E-state index contributed by atoms with van der Waals surface area (Å²) in [5, 5.41) is 2.76. The third-order valence-electron chi connectivity index (χ3n) is 4.41. The lowest BCUT2D eigenvalue weighted by molar-refractivity contribution is -0.154. The average Bonchev–Trinajstić information content (AvgIpc) is 2.64. The summed E-state index contributed by atoms with van der Waals surface area (Å²) >= 11 is 0. The molecule has 1 N–H and O–H groups in total. The Hall–Kier alpha value is -2.52. The van der Waals surface area contributed by atoms with Crippen LogP contribution in [-0.2, 0) is 16.1 Å². The number of pyridine rings is 1. The molecule has 0 spiro atoms. The average molecular weight is 431 g/mol. The topological polar surface area (TPSA) is 80.8 Å². The molecule has 1 aromatic heterocycles. The van der Waals surface area contributed by atoms with Gasteiger partial charge in [0, 0.05) is 38.3 Å². The van der Waals surface area contributed by atoms with E-state index in [0.717, 1.165) is 0 Å². The Kier molecular flexibility index (Phi) is 7.91. The normalized spacial score (nSPS) is 15.6. The molecular weight excluding hydrogens is 403 g/mol. The number of nitrogens with zero attached hydrogens (tertiary/aromatic N) is 2. The number of carbonyl (C=O) groups is 2. The van der Waals surface area contributed by atoms with Crippen molar-refractivity contribution in [3.05, 3.63) is 23.9 Å². The lowest BCUT2D eigenvalue weighted by atomic mass is 9.93. The highest BCUT2D eigenvalue weighted by Crippen LogP contribution is 2.22. The van der Waals surface area contributed by atoms with Crippen LogP contribution in [-0.4, -0.2) is 53.4 Å². The van der Waals surface area contributed by atoms with Crippen LogP contribution in [0, 0.1) is 5.92 Å². The first kappa shape index (κ1) is 23.8. The van der Waals surface area contributed by atoms with Crippen LogP contribution >= 0.6 is 0 Å². The molecule has 1 fully saturated rings. The van der Waals surface area contributed by atoms with Crippen molar-refractivity contribution < 1.29 is 32.2 Å². The van der Waals surface area contributed by atoms with E-state index < -0.39 is 18.4 Å². The zero-order chi connectivity index (χ0) is 22.4. The fourth-order valence-electron chi connectivity index (χ4n) is 2.98. The second kappa shape index (κ2) is 9.99. The Morgan fingerprint density at radius 3 is 2.50 bits per heavy atom. The molecule has 2 heterocycles. The fraction of sp³-hybridized carbons (Fsp3) is 0.650. The predicted octanol–water partition coefficient (Wildman–Crippen LogP) is 3.68. The number of carbonyl (C=O) groups excluding carboxylic acids is 2. The van der Waals surface area contributed by atoms with E-state index in [1.165, 1.54) is 12.3 Å². The molecular formula is C20H28F3N3O4. The first-order valence-corrected chi connectivity index (χ1v) is 9.80. The molecule has 0 bridgehead atoms. The summed E-state index contributed by atoms with van der Waals surface area (Å²) in [5.41, 5.74) is 0.0496.